The second-order valence-corrected chi connectivity index (χ2v) is 6.34. The summed E-state index contributed by atoms with van der Waals surface area (Å²) in [6.07, 6.45) is 2.02. The molecule has 1 aromatic heterocycles. The molecule has 0 bridgehead atoms. The molecule has 142 valence electrons. The van der Waals surface area contributed by atoms with E-state index < -0.39 is 30.0 Å². The highest BCUT2D eigenvalue weighted by Gasteiger charge is 2.40. The van der Waals surface area contributed by atoms with E-state index >= 15 is 0 Å². The predicted molar refractivity (Wildman–Crippen MR) is 91.4 cm³/mol. The summed E-state index contributed by atoms with van der Waals surface area (Å²) in [6.45, 7) is 3.41. The number of nitriles is 1. The molecule has 1 aromatic rings. The fourth-order valence-corrected chi connectivity index (χ4v) is 3.06. The number of carbonyl (C=O) groups is 2. The van der Waals surface area contributed by atoms with E-state index in [2.05, 4.69) is 10.3 Å². The first-order valence-electron chi connectivity index (χ1n) is 8.28. The van der Waals surface area contributed by atoms with Gasteiger partial charge in [0.25, 0.3) is 0 Å². The van der Waals surface area contributed by atoms with Crippen molar-refractivity contribution in [3.63, 3.8) is 0 Å². The molecule has 3 rings (SSSR count). The Labute approximate surface area is 154 Å². The van der Waals surface area contributed by atoms with Crippen molar-refractivity contribution in [2.45, 2.75) is 26.0 Å². The fraction of sp³-hybridized carbons (Fsp3) is 0.412. The van der Waals surface area contributed by atoms with Crippen LogP contribution in [-0.2, 0) is 9.53 Å². The van der Waals surface area contributed by atoms with Crippen molar-refractivity contribution in [2.75, 3.05) is 18.8 Å². The molecule has 1 saturated heterocycles. The third kappa shape index (κ3) is 3.48. The molecule has 2 unspecified atom stereocenters. The maximum Gasteiger partial charge on any atom is 0.410 e. The van der Waals surface area contributed by atoms with E-state index in [1.165, 1.54) is 17.9 Å². The molecule has 0 spiro atoms. The highest BCUT2D eigenvalue weighted by molar-refractivity contribution is 5.76. The number of nitrogens with one attached hydrogen (secondary N) is 1. The first kappa shape index (κ1) is 18.4. The normalized spacial score (nSPS) is 24.7. The molecule has 2 heterocycles. The van der Waals surface area contributed by atoms with Crippen molar-refractivity contribution in [3.05, 3.63) is 29.6 Å². The third-order valence-corrected chi connectivity index (χ3v) is 4.46. The van der Waals surface area contributed by atoms with Crippen LogP contribution in [0.25, 0.3) is 5.57 Å². The Morgan fingerprint density at radius 3 is 2.96 bits per heavy atom. The molecule has 2 aliphatic rings. The molecule has 0 aromatic carbocycles. The van der Waals surface area contributed by atoms with Crippen molar-refractivity contribution < 1.29 is 23.1 Å². The summed E-state index contributed by atoms with van der Waals surface area (Å²) >= 11 is 0. The van der Waals surface area contributed by atoms with Gasteiger partial charge in [0.2, 0.25) is 23.4 Å². The molecule has 3 atom stereocenters. The van der Waals surface area contributed by atoms with Crippen molar-refractivity contribution in [2.24, 2.45) is 5.92 Å². The molecule has 2 amide bonds. The van der Waals surface area contributed by atoms with Gasteiger partial charge in [0, 0.05) is 12.8 Å². The second-order valence-electron chi connectivity index (χ2n) is 6.34. The average molecular weight is 375 g/mol. The summed E-state index contributed by atoms with van der Waals surface area (Å²) in [5.74, 6) is -1.71. The van der Waals surface area contributed by atoms with E-state index in [0.29, 0.717) is 0 Å². The van der Waals surface area contributed by atoms with Gasteiger partial charge in [0.05, 0.1) is 24.7 Å². The Morgan fingerprint density at radius 1 is 1.59 bits per heavy atom. The number of amides is 2. The highest BCUT2D eigenvalue weighted by atomic mass is 19.1. The van der Waals surface area contributed by atoms with Gasteiger partial charge in [0.1, 0.15) is 18.0 Å². The molecular weight excluding hydrogens is 357 g/mol. The van der Waals surface area contributed by atoms with Gasteiger partial charge >= 0.3 is 6.09 Å². The average Bonchev–Trinajstić information content (AvgIpc) is 3.17. The van der Waals surface area contributed by atoms with Crippen molar-refractivity contribution >= 4 is 23.5 Å². The Morgan fingerprint density at radius 2 is 2.33 bits per heavy atom. The van der Waals surface area contributed by atoms with E-state index in [0.717, 1.165) is 0 Å². The number of allylic oxidation sites excluding steroid dienone is 2. The predicted octanol–water partition coefficient (Wildman–Crippen LogP) is 1.34. The first-order chi connectivity index (χ1) is 12.8. The summed E-state index contributed by atoms with van der Waals surface area (Å²) < 4.78 is 25.3. The Hall–Kier alpha value is -3.35. The summed E-state index contributed by atoms with van der Waals surface area (Å²) in [7, 11) is 0. The number of cyclic esters (lactones) is 1. The Bertz CT molecular complexity index is 884. The molecule has 3 N–H and O–H groups in total. The van der Waals surface area contributed by atoms with Crippen LogP contribution >= 0.6 is 0 Å². The molecular formula is C17H18FN5O4. The van der Waals surface area contributed by atoms with E-state index in [-0.39, 0.29) is 42.0 Å². The van der Waals surface area contributed by atoms with Crippen LogP contribution in [0.2, 0.25) is 0 Å². The number of hydrogen-bond donors (Lipinski definition) is 2. The fourth-order valence-electron chi connectivity index (χ4n) is 3.06. The maximum absolute atomic E-state index is 14.9. The van der Waals surface area contributed by atoms with Crippen LogP contribution in [0.1, 0.15) is 25.4 Å². The number of ether oxygens (including phenoxy) is 1. The van der Waals surface area contributed by atoms with Gasteiger partial charge < -0.3 is 20.2 Å². The summed E-state index contributed by atoms with van der Waals surface area (Å²) in [5.41, 5.74) is 5.49. The van der Waals surface area contributed by atoms with E-state index in [1.54, 1.807) is 19.1 Å². The van der Waals surface area contributed by atoms with Crippen LogP contribution < -0.4 is 11.1 Å². The molecule has 1 fully saturated rings. The van der Waals surface area contributed by atoms with Gasteiger partial charge in [-0.1, -0.05) is 13.0 Å². The number of anilines is 1. The van der Waals surface area contributed by atoms with Crippen LogP contribution in [-0.4, -0.2) is 47.1 Å². The number of hydrogen-bond acceptors (Lipinski definition) is 7. The van der Waals surface area contributed by atoms with Crippen LogP contribution in [0.5, 0.6) is 0 Å². The van der Waals surface area contributed by atoms with Gasteiger partial charge in [0.15, 0.2) is 0 Å². The number of carbonyl (C=O) groups excluding carboxylic acids is 2. The lowest BCUT2D eigenvalue weighted by Crippen LogP contribution is -2.41. The maximum atomic E-state index is 14.9. The minimum atomic E-state index is -0.685. The van der Waals surface area contributed by atoms with Gasteiger partial charge in [-0.05, 0) is 6.08 Å². The van der Waals surface area contributed by atoms with Gasteiger partial charge in [-0.15, -0.1) is 0 Å². The van der Waals surface area contributed by atoms with Crippen LogP contribution in [0, 0.1) is 17.2 Å². The number of aromatic nitrogens is 1. The first-order valence-corrected chi connectivity index (χ1v) is 8.28. The number of halogens is 1. The van der Waals surface area contributed by atoms with E-state index in [9.17, 15) is 14.0 Å². The molecule has 1 aliphatic heterocycles. The van der Waals surface area contributed by atoms with Crippen molar-refractivity contribution in [1.82, 2.24) is 15.2 Å². The number of nitrogen functional groups attached to an aromatic ring is 1. The lowest BCUT2D eigenvalue weighted by atomic mass is 9.90. The third-order valence-electron chi connectivity index (χ3n) is 4.46. The van der Waals surface area contributed by atoms with Crippen molar-refractivity contribution in [3.8, 4) is 6.07 Å². The topological polar surface area (TPSA) is 134 Å². The highest BCUT2D eigenvalue weighted by Crippen LogP contribution is 2.36. The summed E-state index contributed by atoms with van der Waals surface area (Å²) in [4.78, 5) is 28.4. The molecule has 0 radical (unpaired) electrons. The van der Waals surface area contributed by atoms with Gasteiger partial charge in [-0.3, -0.25) is 9.69 Å². The van der Waals surface area contributed by atoms with E-state index in [1.807, 2.05) is 0 Å². The lowest BCUT2D eigenvalue weighted by Gasteiger charge is -2.30. The number of nitrogens with zero attached hydrogens (tertiary/aromatic N) is 3. The largest absolute Gasteiger partial charge is 0.442 e. The lowest BCUT2D eigenvalue weighted by molar-refractivity contribution is -0.119. The molecule has 27 heavy (non-hydrogen) atoms. The number of rotatable bonds is 4. The minimum absolute atomic E-state index is 0.0781. The monoisotopic (exact) mass is 375 g/mol. The summed E-state index contributed by atoms with van der Waals surface area (Å²) in [6, 6.07) is 1.20. The van der Waals surface area contributed by atoms with Crippen LogP contribution in [0.4, 0.5) is 15.1 Å². The number of oxazole rings is 1. The minimum Gasteiger partial charge on any atom is -0.442 e. The standard InChI is InChI=1S/C17H18FN5O4/c1-8-13(23-7-10(26-17(23)25)6-21-9(2)24)4-3-11(14(8)18)16-22-12(5-19)15(20)27-16/h3-4,8,10,13H,6-7,20H2,1-2H3,(H,21,24)/t8?,10-,13?/m0/s1. The van der Waals surface area contributed by atoms with Gasteiger partial charge in [-0.25, -0.2) is 9.18 Å². The van der Waals surface area contributed by atoms with Crippen LogP contribution in [0.3, 0.4) is 0 Å². The summed E-state index contributed by atoms with van der Waals surface area (Å²) in [5, 5.41) is 11.5. The second kappa shape index (κ2) is 7.11. The van der Waals surface area contributed by atoms with Crippen molar-refractivity contribution in [1.29, 1.82) is 5.26 Å². The smallest absolute Gasteiger partial charge is 0.410 e. The zero-order valence-electron chi connectivity index (χ0n) is 14.7. The zero-order chi connectivity index (χ0) is 19.7. The molecule has 0 saturated carbocycles. The van der Waals surface area contributed by atoms with E-state index in [4.69, 9.17) is 20.1 Å². The number of nitrogens with two attached hydrogens (primary N) is 1. The quantitative estimate of drug-likeness (QED) is 0.811. The SMILES string of the molecule is CC(=O)NC[C@H]1CN(C2C=CC(c3nc(C#N)c(N)o3)=C(F)C2C)C(=O)O1. The zero-order valence-corrected chi connectivity index (χ0v) is 14.7. The van der Waals surface area contributed by atoms with Crippen LogP contribution in [0.15, 0.2) is 22.4 Å². The molecule has 10 heteroatoms. The Kier molecular flexibility index (Phi) is 4.85. The molecule has 9 nitrogen and oxygen atoms in total. The van der Waals surface area contributed by atoms with Gasteiger partial charge in [-0.2, -0.15) is 10.2 Å². The Balaban J connectivity index is 1.77. The molecule has 1 aliphatic carbocycles.